The molecule has 2 fully saturated rings. The van der Waals surface area contributed by atoms with E-state index in [1.54, 1.807) is 7.11 Å². The SMILES string of the molecule is COC1CC(CO)(C2(O)COC2)C1. The molecule has 0 amide bonds. The van der Waals surface area contributed by atoms with E-state index in [0.29, 0.717) is 13.2 Å². The van der Waals surface area contributed by atoms with Crippen LogP contribution in [0, 0.1) is 5.41 Å². The number of rotatable bonds is 3. The van der Waals surface area contributed by atoms with Gasteiger partial charge in [0.1, 0.15) is 5.60 Å². The summed E-state index contributed by atoms with van der Waals surface area (Å²) >= 11 is 0. The van der Waals surface area contributed by atoms with Crippen molar-refractivity contribution in [1.82, 2.24) is 0 Å². The Kier molecular flexibility index (Phi) is 2.11. The minimum absolute atomic E-state index is 0.0206. The molecule has 0 spiro atoms. The van der Waals surface area contributed by atoms with Crippen molar-refractivity contribution < 1.29 is 19.7 Å². The van der Waals surface area contributed by atoms with Crippen molar-refractivity contribution in [2.75, 3.05) is 26.9 Å². The average Bonchev–Trinajstić information content (AvgIpc) is 2.01. The zero-order valence-corrected chi connectivity index (χ0v) is 7.82. The highest BCUT2D eigenvalue weighted by Crippen LogP contribution is 2.52. The van der Waals surface area contributed by atoms with E-state index in [2.05, 4.69) is 0 Å². The van der Waals surface area contributed by atoms with E-state index in [1.807, 2.05) is 0 Å². The summed E-state index contributed by atoms with van der Waals surface area (Å²) in [6.45, 7) is 0.723. The van der Waals surface area contributed by atoms with Crippen LogP contribution in [0.15, 0.2) is 0 Å². The molecule has 4 heteroatoms. The summed E-state index contributed by atoms with van der Waals surface area (Å²) in [5, 5.41) is 19.3. The Labute approximate surface area is 77.5 Å². The smallest absolute Gasteiger partial charge is 0.119 e. The van der Waals surface area contributed by atoms with Crippen molar-refractivity contribution in [3.8, 4) is 0 Å². The normalized spacial score (nSPS) is 42.2. The molecule has 2 rings (SSSR count). The van der Waals surface area contributed by atoms with Crippen LogP contribution in [-0.4, -0.2) is 48.8 Å². The first-order valence-electron chi connectivity index (χ1n) is 4.60. The van der Waals surface area contributed by atoms with E-state index in [0.717, 1.165) is 12.8 Å². The Morgan fingerprint density at radius 2 is 2.08 bits per heavy atom. The van der Waals surface area contributed by atoms with Gasteiger partial charge in [-0.1, -0.05) is 0 Å². The third kappa shape index (κ3) is 1.13. The van der Waals surface area contributed by atoms with Crippen molar-refractivity contribution in [2.45, 2.75) is 24.5 Å². The van der Waals surface area contributed by atoms with Crippen molar-refractivity contribution >= 4 is 0 Å². The lowest BCUT2D eigenvalue weighted by Crippen LogP contribution is -2.68. The summed E-state index contributed by atoms with van der Waals surface area (Å²) < 4.78 is 10.1. The van der Waals surface area contributed by atoms with Gasteiger partial charge in [0.15, 0.2) is 0 Å². The van der Waals surface area contributed by atoms with Crippen LogP contribution in [0.25, 0.3) is 0 Å². The quantitative estimate of drug-likeness (QED) is 0.629. The molecule has 0 unspecified atom stereocenters. The van der Waals surface area contributed by atoms with Crippen LogP contribution in [0.2, 0.25) is 0 Å². The fourth-order valence-electron chi connectivity index (χ4n) is 2.24. The van der Waals surface area contributed by atoms with Crippen LogP contribution in [0.1, 0.15) is 12.8 Å². The van der Waals surface area contributed by atoms with Crippen LogP contribution in [0.3, 0.4) is 0 Å². The van der Waals surface area contributed by atoms with Crippen molar-refractivity contribution in [3.63, 3.8) is 0 Å². The fraction of sp³-hybridized carbons (Fsp3) is 1.00. The lowest BCUT2D eigenvalue weighted by atomic mass is 9.57. The van der Waals surface area contributed by atoms with Gasteiger partial charge >= 0.3 is 0 Å². The second-order valence-corrected chi connectivity index (χ2v) is 4.23. The standard InChI is InChI=1S/C9H16O4/c1-12-7-2-8(3-7,4-10)9(11)5-13-6-9/h7,10-11H,2-6H2,1H3. The molecule has 2 aliphatic rings. The number of ether oxygens (including phenoxy) is 2. The van der Waals surface area contributed by atoms with Gasteiger partial charge in [-0.15, -0.1) is 0 Å². The van der Waals surface area contributed by atoms with Gasteiger partial charge in [0.25, 0.3) is 0 Å². The van der Waals surface area contributed by atoms with E-state index in [4.69, 9.17) is 9.47 Å². The Bertz CT molecular complexity index is 194. The Morgan fingerprint density at radius 1 is 1.46 bits per heavy atom. The van der Waals surface area contributed by atoms with Gasteiger partial charge in [0.2, 0.25) is 0 Å². The summed E-state index contributed by atoms with van der Waals surface area (Å²) in [5.41, 5.74) is -1.18. The van der Waals surface area contributed by atoms with Crippen LogP contribution < -0.4 is 0 Å². The van der Waals surface area contributed by atoms with Gasteiger partial charge < -0.3 is 19.7 Å². The molecule has 0 aromatic heterocycles. The largest absolute Gasteiger partial charge is 0.396 e. The molecule has 0 radical (unpaired) electrons. The number of methoxy groups -OCH3 is 1. The van der Waals surface area contributed by atoms with Gasteiger partial charge in [-0.25, -0.2) is 0 Å². The van der Waals surface area contributed by atoms with Gasteiger partial charge in [-0.3, -0.25) is 0 Å². The van der Waals surface area contributed by atoms with Crippen LogP contribution in [0.4, 0.5) is 0 Å². The van der Waals surface area contributed by atoms with Gasteiger partial charge in [0, 0.05) is 12.5 Å². The molecule has 4 nitrogen and oxygen atoms in total. The molecule has 2 N–H and O–H groups in total. The average molecular weight is 188 g/mol. The van der Waals surface area contributed by atoms with Gasteiger partial charge in [-0.2, -0.15) is 0 Å². The Balaban J connectivity index is 2.02. The summed E-state index contributed by atoms with van der Waals surface area (Å²) in [5.74, 6) is 0. The first-order chi connectivity index (χ1) is 6.16. The number of aliphatic hydroxyl groups excluding tert-OH is 1. The second kappa shape index (κ2) is 2.92. The molecule has 1 heterocycles. The maximum atomic E-state index is 10.1. The van der Waals surface area contributed by atoms with Crippen LogP contribution >= 0.6 is 0 Å². The summed E-state index contributed by atoms with van der Waals surface area (Å²) in [7, 11) is 1.66. The molecular weight excluding hydrogens is 172 g/mol. The van der Waals surface area contributed by atoms with Crippen molar-refractivity contribution in [1.29, 1.82) is 0 Å². The van der Waals surface area contributed by atoms with Crippen LogP contribution in [0.5, 0.6) is 0 Å². The minimum atomic E-state index is -0.809. The molecule has 0 aromatic rings. The van der Waals surface area contributed by atoms with Gasteiger partial charge in [0.05, 0.1) is 25.9 Å². The number of hydrogen-bond donors (Lipinski definition) is 2. The fourth-order valence-corrected chi connectivity index (χ4v) is 2.24. The lowest BCUT2D eigenvalue weighted by molar-refractivity contribution is -0.288. The predicted octanol–water partition coefficient (Wildman–Crippen LogP) is -0.465. The molecule has 1 aliphatic heterocycles. The molecule has 1 saturated heterocycles. The second-order valence-electron chi connectivity index (χ2n) is 4.23. The number of hydrogen-bond acceptors (Lipinski definition) is 4. The topological polar surface area (TPSA) is 58.9 Å². The maximum Gasteiger partial charge on any atom is 0.119 e. The molecule has 1 saturated carbocycles. The molecule has 0 aromatic carbocycles. The summed E-state index contributed by atoms with van der Waals surface area (Å²) in [6.07, 6.45) is 1.66. The molecule has 0 atom stereocenters. The molecule has 13 heavy (non-hydrogen) atoms. The zero-order chi connectivity index (χ0) is 9.53. The van der Waals surface area contributed by atoms with E-state index in [1.165, 1.54) is 0 Å². The monoisotopic (exact) mass is 188 g/mol. The minimum Gasteiger partial charge on any atom is -0.396 e. The Morgan fingerprint density at radius 3 is 2.38 bits per heavy atom. The van der Waals surface area contributed by atoms with Gasteiger partial charge in [-0.05, 0) is 12.8 Å². The first-order valence-corrected chi connectivity index (χ1v) is 4.60. The highest BCUT2D eigenvalue weighted by Gasteiger charge is 2.61. The molecule has 1 aliphatic carbocycles. The molecular formula is C9H16O4. The van der Waals surface area contributed by atoms with E-state index < -0.39 is 5.60 Å². The van der Waals surface area contributed by atoms with E-state index in [-0.39, 0.29) is 18.1 Å². The third-order valence-corrected chi connectivity index (χ3v) is 3.54. The van der Waals surface area contributed by atoms with Crippen molar-refractivity contribution in [2.24, 2.45) is 5.41 Å². The summed E-state index contributed by atoms with van der Waals surface area (Å²) in [4.78, 5) is 0. The zero-order valence-electron chi connectivity index (χ0n) is 7.82. The maximum absolute atomic E-state index is 10.1. The van der Waals surface area contributed by atoms with E-state index in [9.17, 15) is 10.2 Å². The highest BCUT2D eigenvalue weighted by atomic mass is 16.5. The molecule has 76 valence electrons. The van der Waals surface area contributed by atoms with Crippen molar-refractivity contribution in [3.05, 3.63) is 0 Å². The molecule has 0 bridgehead atoms. The highest BCUT2D eigenvalue weighted by molar-refractivity contribution is 5.10. The van der Waals surface area contributed by atoms with E-state index >= 15 is 0 Å². The third-order valence-electron chi connectivity index (χ3n) is 3.54. The number of aliphatic hydroxyl groups is 2. The summed E-state index contributed by atoms with van der Waals surface area (Å²) in [6, 6.07) is 0. The predicted molar refractivity (Wildman–Crippen MR) is 45.3 cm³/mol. The first kappa shape index (κ1) is 9.40. The lowest BCUT2D eigenvalue weighted by Gasteiger charge is -2.58. The van der Waals surface area contributed by atoms with Crippen LogP contribution in [-0.2, 0) is 9.47 Å². The Hall–Kier alpha value is -0.160.